The van der Waals surface area contributed by atoms with Crippen molar-refractivity contribution >= 4 is 0 Å². The number of hydrogen-bond acceptors (Lipinski definition) is 3. The average Bonchev–Trinajstić information content (AvgIpc) is 2.94. The first-order valence-electron chi connectivity index (χ1n) is 7.84. The molecule has 0 aliphatic carbocycles. The molecule has 118 valence electrons. The maximum atomic E-state index is 4.26. The van der Waals surface area contributed by atoms with Crippen LogP contribution in [0.15, 0.2) is 54.6 Å². The summed E-state index contributed by atoms with van der Waals surface area (Å²) >= 11 is 0. The van der Waals surface area contributed by atoms with Crippen LogP contribution in [0.2, 0.25) is 0 Å². The third kappa shape index (κ3) is 3.31. The number of benzene rings is 2. The van der Waals surface area contributed by atoms with Gasteiger partial charge < -0.3 is 0 Å². The van der Waals surface area contributed by atoms with Gasteiger partial charge in [-0.1, -0.05) is 75.4 Å². The first-order valence-corrected chi connectivity index (χ1v) is 7.84. The zero-order valence-corrected chi connectivity index (χ0v) is 14.1. The summed E-state index contributed by atoms with van der Waals surface area (Å²) in [4.78, 5) is 1.48. The number of rotatable bonds is 3. The van der Waals surface area contributed by atoms with E-state index in [0.29, 0.717) is 11.7 Å². The summed E-state index contributed by atoms with van der Waals surface area (Å²) in [6, 6.07) is 19.2. The Balaban J connectivity index is 1.98. The molecule has 0 aliphatic rings. The lowest BCUT2D eigenvalue weighted by Gasteiger charge is -2.32. The maximum absolute atomic E-state index is 4.26. The molecule has 0 fully saturated rings. The van der Waals surface area contributed by atoms with Crippen molar-refractivity contribution in [1.82, 2.24) is 20.2 Å². The van der Waals surface area contributed by atoms with Crippen molar-refractivity contribution in [3.8, 4) is 11.4 Å². The Bertz CT molecular complexity index is 767. The fraction of sp³-hybridized carbons (Fsp3) is 0.316. The van der Waals surface area contributed by atoms with Crippen molar-refractivity contribution in [2.45, 2.75) is 26.7 Å². The average molecular weight is 306 g/mol. The molecule has 0 bridgehead atoms. The Morgan fingerprint density at radius 2 is 1.48 bits per heavy atom. The van der Waals surface area contributed by atoms with E-state index in [9.17, 15) is 0 Å². The minimum atomic E-state index is 0.133. The second kappa shape index (κ2) is 5.95. The minimum Gasteiger partial charge on any atom is -0.167 e. The van der Waals surface area contributed by atoms with Crippen LogP contribution in [0.3, 0.4) is 0 Å². The van der Waals surface area contributed by atoms with Gasteiger partial charge in [0.05, 0.1) is 7.05 Å². The van der Waals surface area contributed by atoms with E-state index in [1.807, 2.05) is 0 Å². The highest BCUT2D eigenvalue weighted by molar-refractivity contribution is 5.55. The molecule has 4 nitrogen and oxygen atoms in total. The lowest BCUT2D eigenvalue weighted by Crippen LogP contribution is -2.19. The van der Waals surface area contributed by atoms with Gasteiger partial charge in [-0.2, -0.15) is 4.80 Å². The minimum absolute atomic E-state index is 0.133. The molecule has 0 spiro atoms. The van der Waals surface area contributed by atoms with Crippen LogP contribution in [0.1, 0.15) is 37.8 Å². The summed E-state index contributed by atoms with van der Waals surface area (Å²) in [7, 11) is 1.77. The van der Waals surface area contributed by atoms with Crippen LogP contribution in [0, 0.1) is 5.41 Å². The molecule has 1 heterocycles. The molecule has 0 aliphatic heterocycles. The van der Waals surface area contributed by atoms with E-state index in [1.54, 1.807) is 7.05 Å². The number of aromatic nitrogens is 4. The number of nitrogens with zero attached hydrogens (tertiary/aromatic N) is 4. The number of aryl methyl sites for hydroxylation is 1. The standard InChI is InChI=1S/C19H22N4/c1-19(2,3)17(14-8-6-5-7-9-14)15-10-12-16(13-11-15)18-20-22-23(4)21-18/h5-13,17H,1-4H3. The lowest BCUT2D eigenvalue weighted by atomic mass is 9.72. The first-order chi connectivity index (χ1) is 10.9. The van der Waals surface area contributed by atoms with Crippen LogP contribution in [0.5, 0.6) is 0 Å². The molecule has 0 N–H and O–H groups in total. The zero-order valence-electron chi connectivity index (χ0n) is 14.1. The smallest absolute Gasteiger partial charge is 0.167 e. The molecule has 1 unspecified atom stereocenters. The van der Waals surface area contributed by atoms with E-state index in [-0.39, 0.29) is 5.41 Å². The van der Waals surface area contributed by atoms with Gasteiger partial charge in [0.1, 0.15) is 0 Å². The van der Waals surface area contributed by atoms with Crippen molar-refractivity contribution in [1.29, 1.82) is 0 Å². The van der Waals surface area contributed by atoms with Gasteiger partial charge in [-0.25, -0.2) is 0 Å². The summed E-state index contributed by atoms with van der Waals surface area (Å²) in [6.07, 6.45) is 0. The molecular formula is C19H22N4. The van der Waals surface area contributed by atoms with Gasteiger partial charge >= 0.3 is 0 Å². The predicted octanol–water partition coefficient (Wildman–Crippen LogP) is 4.06. The second-order valence-corrected chi connectivity index (χ2v) is 6.93. The summed E-state index contributed by atoms with van der Waals surface area (Å²) in [5, 5.41) is 12.2. The Morgan fingerprint density at radius 3 is 2.00 bits per heavy atom. The Labute approximate surface area is 137 Å². The van der Waals surface area contributed by atoms with Gasteiger partial charge in [0.25, 0.3) is 0 Å². The normalized spacial score (nSPS) is 13.0. The van der Waals surface area contributed by atoms with E-state index in [4.69, 9.17) is 0 Å². The summed E-state index contributed by atoms with van der Waals surface area (Å²) in [6.45, 7) is 6.84. The van der Waals surface area contributed by atoms with Crippen LogP contribution < -0.4 is 0 Å². The topological polar surface area (TPSA) is 43.6 Å². The molecule has 1 aromatic heterocycles. The lowest BCUT2D eigenvalue weighted by molar-refractivity contribution is 0.358. The monoisotopic (exact) mass is 306 g/mol. The highest BCUT2D eigenvalue weighted by Crippen LogP contribution is 2.40. The third-order valence-electron chi connectivity index (χ3n) is 4.01. The zero-order chi connectivity index (χ0) is 16.4. The van der Waals surface area contributed by atoms with Crippen molar-refractivity contribution in [2.75, 3.05) is 0 Å². The highest BCUT2D eigenvalue weighted by Gasteiger charge is 2.27. The van der Waals surface area contributed by atoms with E-state index < -0.39 is 0 Å². The van der Waals surface area contributed by atoms with Gasteiger partial charge in [-0.3, -0.25) is 0 Å². The summed E-state index contributed by atoms with van der Waals surface area (Å²) < 4.78 is 0. The SMILES string of the molecule is Cn1nnc(-c2ccc(C(c3ccccc3)C(C)(C)C)cc2)n1. The molecule has 3 aromatic rings. The quantitative estimate of drug-likeness (QED) is 0.733. The molecule has 0 saturated carbocycles. The molecule has 3 rings (SSSR count). The molecule has 0 amide bonds. The molecule has 0 radical (unpaired) electrons. The van der Waals surface area contributed by atoms with E-state index in [2.05, 4.69) is 90.8 Å². The Morgan fingerprint density at radius 1 is 0.870 bits per heavy atom. The molecule has 0 saturated heterocycles. The van der Waals surface area contributed by atoms with E-state index >= 15 is 0 Å². The predicted molar refractivity (Wildman–Crippen MR) is 92.0 cm³/mol. The van der Waals surface area contributed by atoms with Gasteiger partial charge in [-0.15, -0.1) is 10.2 Å². The van der Waals surface area contributed by atoms with Crippen molar-refractivity contribution in [3.63, 3.8) is 0 Å². The first kappa shape index (κ1) is 15.4. The second-order valence-electron chi connectivity index (χ2n) is 6.93. The highest BCUT2D eigenvalue weighted by atomic mass is 15.6. The van der Waals surface area contributed by atoms with E-state index in [0.717, 1.165) is 5.56 Å². The number of tetrazole rings is 1. The molecule has 23 heavy (non-hydrogen) atoms. The van der Waals surface area contributed by atoms with Crippen LogP contribution in [0.4, 0.5) is 0 Å². The van der Waals surface area contributed by atoms with Crippen molar-refractivity contribution in [3.05, 3.63) is 65.7 Å². The Kier molecular flexibility index (Phi) is 3.99. The third-order valence-corrected chi connectivity index (χ3v) is 4.01. The van der Waals surface area contributed by atoms with Gasteiger partial charge in [0, 0.05) is 11.5 Å². The number of hydrogen-bond donors (Lipinski definition) is 0. The van der Waals surface area contributed by atoms with Crippen LogP contribution in [-0.4, -0.2) is 20.2 Å². The molecule has 1 atom stereocenters. The summed E-state index contributed by atoms with van der Waals surface area (Å²) in [5.41, 5.74) is 3.76. The largest absolute Gasteiger partial charge is 0.204 e. The maximum Gasteiger partial charge on any atom is 0.204 e. The van der Waals surface area contributed by atoms with Crippen LogP contribution in [-0.2, 0) is 7.05 Å². The molecule has 4 heteroatoms. The molecular weight excluding hydrogens is 284 g/mol. The summed E-state index contributed by atoms with van der Waals surface area (Å²) in [5.74, 6) is 0.999. The van der Waals surface area contributed by atoms with Gasteiger partial charge in [0.2, 0.25) is 5.82 Å². The fourth-order valence-electron chi connectivity index (χ4n) is 3.06. The molecule has 2 aromatic carbocycles. The van der Waals surface area contributed by atoms with Crippen LogP contribution >= 0.6 is 0 Å². The van der Waals surface area contributed by atoms with Crippen molar-refractivity contribution in [2.24, 2.45) is 12.5 Å². The Hall–Kier alpha value is -2.49. The van der Waals surface area contributed by atoms with Gasteiger partial charge in [0.15, 0.2) is 0 Å². The van der Waals surface area contributed by atoms with E-state index in [1.165, 1.54) is 15.9 Å². The van der Waals surface area contributed by atoms with Crippen molar-refractivity contribution < 1.29 is 0 Å². The van der Waals surface area contributed by atoms with Gasteiger partial charge in [-0.05, 0) is 21.8 Å². The fourth-order valence-corrected chi connectivity index (χ4v) is 3.06. The van der Waals surface area contributed by atoms with Crippen LogP contribution in [0.25, 0.3) is 11.4 Å².